The molecule has 0 N–H and O–H groups in total. The molecule has 0 bridgehead atoms. The van der Waals surface area contributed by atoms with Gasteiger partial charge in [0.1, 0.15) is 0 Å². The van der Waals surface area contributed by atoms with E-state index >= 15 is 0 Å². The summed E-state index contributed by atoms with van der Waals surface area (Å²) in [7, 11) is 0. The van der Waals surface area contributed by atoms with E-state index in [4.69, 9.17) is 6.57 Å². The zero-order chi connectivity index (χ0) is 32.2. The van der Waals surface area contributed by atoms with Crippen LogP contribution in [-0.4, -0.2) is 9.13 Å². The van der Waals surface area contributed by atoms with Crippen LogP contribution in [0.15, 0.2) is 158 Å². The van der Waals surface area contributed by atoms with Crippen LogP contribution in [0.4, 0.5) is 5.69 Å². The maximum Gasteiger partial charge on any atom is 0.188 e. The van der Waals surface area contributed by atoms with Crippen LogP contribution < -0.4 is 0 Å². The van der Waals surface area contributed by atoms with Crippen molar-refractivity contribution in [2.24, 2.45) is 0 Å². The monoisotopic (exact) mass is 610 g/mol. The normalized spacial score (nSPS) is 11.3. The number of hydrogen-bond donors (Lipinski definition) is 0. The highest BCUT2D eigenvalue weighted by Crippen LogP contribution is 2.41. The maximum atomic E-state index is 9.99. The molecule has 0 saturated heterocycles. The SMILES string of the molecule is [C-]#[N+]c1ccc2c(c1)c1ccccc1n2-c1cc(-c2ccccc2C#N)ccc1-c1cccc(-n2c3ccccc3c3ccccc32)c1. The molecular formula is C44H26N4. The lowest BCUT2D eigenvalue weighted by Gasteiger charge is -2.18. The molecule has 0 unspecified atom stereocenters. The Bertz CT molecular complexity index is 2760. The summed E-state index contributed by atoms with van der Waals surface area (Å²) < 4.78 is 4.65. The largest absolute Gasteiger partial charge is 0.309 e. The van der Waals surface area contributed by atoms with E-state index in [1.54, 1.807) is 0 Å². The van der Waals surface area contributed by atoms with Crippen molar-refractivity contribution in [3.05, 3.63) is 175 Å². The summed E-state index contributed by atoms with van der Waals surface area (Å²) in [5.74, 6) is 0. The molecule has 0 aliphatic rings. The van der Waals surface area contributed by atoms with Gasteiger partial charge in [-0.3, -0.25) is 0 Å². The van der Waals surface area contributed by atoms with Crippen molar-refractivity contribution in [2.75, 3.05) is 0 Å². The number of rotatable bonds is 4. The third kappa shape index (κ3) is 4.14. The molecule has 4 nitrogen and oxygen atoms in total. The first-order valence-electron chi connectivity index (χ1n) is 15.9. The van der Waals surface area contributed by atoms with E-state index in [1.807, 2.05) is 42.5 Å². The Hall–Kier alpha value is -6.88. The van der Waals surface area contributed by atoms with Gasteiger partial charge in [-0.1, -0.05) is 103 Å². The first-order valence-corrected chi connectivity index (χ1v) is 15.9. The third-order valence-electron chi connectivity index (χ3n) is 9.38. The average molecular weight is 611 g/mol. The standard InChI is InChI=1S/C44H26N4/c1-46-32-22-24-43-39(27-32)38-17-6-9-20-42(38)48(43)44-26-30(34-14-3-2-11-31(34)28-45)21-23-35(44)29-12-10-13-33(25-29)47-40-18-7-4-15-36(40)37-16-5-8-19-41(37)47/h2-27H. The van der Waals surface area contributed by atoms with Gasteiger partial charge in [-0.25, -0.2) is 4.85 Å². The van der Waals surface area contributed by atoms with E-state index in [1.165, 1.54) is 10.8 Å². The zero-order valence-corrected chi connectivity index (χ0v) is 25.8. The topological polar surface area (TPSA) is 38.0 Å². The summed E-state index contributed by atoms with van der Waals surface area (Å²) in [5.41, 5.74) is 11.7. The van der Waals surface area contributed by atoms with Crippen molar-refractivity contribution in [3.8, 4) is 39.7 Å². The molecule has 2 heterocycles. The number of benzene rings is 7. The van der Waals surface area contributed by atoms with Gasteiger partial charge >= 0.3 is 0 Å². The Balaban J connectivity index is 1.34. The molecule has 222 valence electrons. The summed E-state index contributed by atoms with van der Waals surface area (Å²) >= 11 is 0. The van der Waals surface area contributed by atoms with Gasteiger partial charge in [0.05, 0.1) is 46.0 Å². The number of hydrogen-bond acceptors (Lipinski definition) is 1. The minimum absolute atomic E-state index is 0.612. The van der Waals surface area contributed by atoms with Gasteiger partial charge in [-0.2, -0.15) is 5.26 Å². The lowest BCUT2D eigenvalue weighted by Crippen LogP contribution is -1.99. The smallest absolute Gasteiger partial charge is 0.188 e. The molecule has 0 atom stereocenters. The molecule has 0 saturated carbocycles. The second-order valence-electron chi connectivity index (χ2n) is 12.0. The lowest BCUT2D eigenvalue weighted by molar-refractivity contribution is 1.17. The summed E-state index contributed by atoms with van der Waals surface area (Å²) in [4.78, 5) is 3.73. The van der Waals surface area contributed by atoms with Crippen LogP contribution >= 0.6 is 0 Å². The number of nitriles is 1. The van der Waals surface area contributed by atoms with Crippen molar-refractivity contribution in [3.63, 3.8) is 0 Å². The Kier molecular flexibility index (Phi) is 6.22. The van der Waals surface area contributed by atoms with Crippen LogP contribution in [0, 0.1) is 17.9 Å². The van der Waals surface area contributed by atoms with Crippen LogP contribution in [0.3, 0.4) is 0 Å². The molecule has 0 aliphatic heterocycles. The molecule has 0 amide bonds. The molecule has 0 aliphatic carbocycles. The van der Waals surface area contributed by atoms with Crippen LogP contribution in [0.2, 0.25) is 0 Å². The van der Waals surface area contributed by atoms with E-state index in [2.05, 4.69) is 135 Å². The fourth-order valence-electron chi connectivity index (χ4n) is 7.26. The molecule has 4 heteroatoms. The third-order valence-corrected chi connectivity index (χ3v) is 9.38. The van der Waals surface area contributed by atoms with Gasteiger partial charge in [-0.15, -0.1) is 0 Å². The summed E-state index contributed by atoms with van der Waals surface area (Å²) in [6.45, 7) is 7.68. The van der Waals surface area contributed by atoms with Crippen molar-refractivity contribution in [2.45, 2.75) is 0 Å². The van der Waals surface area contributed by atoms with Crippen molar-refractivity contribution >= 4 is 49.3 Å². The first-order chi connectivity index (χ1) is 23.7. The molecule has 2 aromatic heterocycles. The van der Waals surface area contributed by atoms with Gasteiger partial charge in [0.2, 0.25) is 0 Å². The fourth-order valence-corrected chi connectivity index (χ4v) is 7.26. The predicted octanol–water partition coefficient (Wildman–Crippen LogP) is 11.6. The number of aromatic nitrogens is 2. The van der Waals surface area contributed by atoms with Gasteiger partial charge in [0.15, 0.2) is 5.69 Å². The summed E-state index contributed by atoms with van der Waals surface area (Å²) in [6.07, 6.45) is 0. The zero-order valence-electron chi connectivity index (χ0n) is 25.8. The van der Waals surface area contributed by atoms with Gasteiger partial charge in [0, 0.05) is 27.4 Å². The second-order valence-corrected chi connectivity index (χ2v) is 12.0. The van der Waals surface area contributed by atoms with E-state index in [-0.39, 0.29) is 0 Å². The van der Waals surface area contributed by atoms with E-state index < -0.39 is 0 Å². The average Bonchev–Trinajstić information content (AvgIpc) is 3.67. The Morgan fingerprint density at radius 1 is 0.479 bits per heavy atom. The Morgan fingerprint density at radius 2 is 1.08 bits per heavy atom. The van der Waals surface area contributed by atoms with Gasteiger partial charge in [0.25, 0.3) is 0 Å². The highest BCUT2D eigenvalue weighted by atomic mass is 15.0. The molecular weight excluding hydrogens is 585 g/mol. The maximum absolute atomic E-state index is 9.99. The number of nitrogens with zero attached hydrogens (tertiary/aromatic N) is 4. The van der Waals surface area contributed by atoms with Crippen LogP contribution in [0.1, 0.15) is 5.56 Å². The fraction of sp³-hybridized carbons (Fsp3) is 0. The number of fused-ring (bicyclic) bond motifs is 6. The van der Waals surface area contributed by atoms with Crippen molar-refractivity contribution in [1.29, 1.82) is 5.26 Å². The molecule has 48 heavy (non-hydrogen) atoms. The highest BCUT2D eigenvalue weighted by molar-refractivity contribution is 6.11. The molecule has 0 fully saturated rings. The van der Waals surface area contributed by atoms with Crippen LogP contribution in [-0.2, 0) is 0 Å². The van der Waals surface area contributed by atoms with E-state index in [0.29, 0.717) is 11.3 Å². The second kappa shape index (κ2) is 10.9. The highest BCUT2D eigenvalue weighted by Gasteiger charge is 2.19. The van der Waals surface area contributed by atoms with Gasteiger partial charge < -0.3 is 9.13 Å². The molecule has 7 aromatic carbocycles. The van der Waals surface area contributed by atoms with E-state index in [0.717, 1.165) is 66.5 Å². The number of para-hydroxylation sites is 3. The quantitative estimate of drug-likeness (QED) is 0.183. The minimum Gasteiger partial charge on any atom is -0.309 e. The van der Waals surface area contributed by atoms with Crippen molar-refractivity contribution < 1.29 is 0 Å². The van der Waals surface area contributed by atoms with Crippen LogP contribution in [0.5, 0.6) is 0 Å². The Labute approximate surface area is 277 Å². The molecule has 0 radical (unpaired) electrons. The molecule has 0 spiro atoms. The minimum atomic E-state index is 0.612. The molecule has 9 rings (SSSR count). The van der Waals surface area contributed by atoms with Crippen LogP contribution in [0.25, 0.3) is 82.1 Å². The lowest BCUT2D eigenvalue weighted by atomic mass is 9.95. The summed E-state index contributed by atoms with van der Waals surface area (Å²) in [6, 6.07) is 56.8. The summed E-state index contributed by atoms with van der Waals surface area (Å²) in [5, 5.41) is 14.6. The van der Waals surface area contributed by atoms with Crippen molar-refractivity contribution in [1.82, 2.24) is 9.13 Å². The van der Waals surface area contributed by atoms with Gasteiger partial charge in [-0.05, 0) is 76.7 Å². The van der Waals surface area contributed by atoms with E-state index in [9.17, 15) is 5.26 Å². The molecule has 9 aromatic rings. The Morgan fingerprint density at radius 3 is 1.79 bits per heavy atom. The predicted molar refractivity (Wildman–Crippen MR) is 197 cm³/mol. The first kappa shape index (κ1) is 27.4.